The normalized spacial score (nSPS) is 13.7. The fraction of sp³-hybridized carbons (Fsp3) is 0.370. The molecule has 1 aliphatic heterocycles. The fourth-order valence-electron chi connectivity index (χ4n) is 4.30. The van der Waals surface area contributed by atoms with Crippen LogP contribution in [-0.4, -0.2) is 46.1 Å². The molecule has 172 valence electrons. The molecule has 33 heavy (non-hydrogen) atoms. The number of hydrogen-bond acceptors (Lipinski definition) is 3. The predicted octanol–water partition coefficient (Wildman–Crippen LogP) is 4.52. The Morgan fingerprint density at radius 3 is 2.18 bits per heavy atom. The van der Waals surface area contributed by atoms with Gasteiger partial charge in [-0.15, -0.1) is 0 Å². The summed E-state index contributed by atoms with van der Waals surface area (Å²) in [5.41, 5.74) is 5.59. The van der Waals surface area contributed by atoms with Crippen molar-refractivity contribution in [3.05, 3.63) is 82.7 Å². The van der Waals surface area contributed by atoms with Crippen molar-refractivity contribution < 1.29 is 9.59 Å². The maximum atomic E-state index is 13.5. The van der Waals surface area contributed by atoms with Crippen molar-refractivity contribution in [2.24, 2.45) is 0 Å². The second-order valence-corrected chi connectivity index (χ2v) is 8.95. The van der Waals surface area contributed by atoms with E-state index >= 15 is 0 Å². The second-order valence-electron chi connectivity index (χ2n) is 8.95. The van der Waals surface area contributed by atoms with E-state index in [0.29, 0.717) is 12.1 Å². The molecule has 0 aliphatic carbocycles. The van der Waals surface area contributed by atoms with Crippen molar-refractivity contribution in [2.75, 3.05) is 24.5 Å². The largest absolute Gasteiger partial charge is 0.341 e. The lowest BCUT2D eigenvalue weighted by Crippen LogP contribution is -2.45. The van der Waals surface area contributed by atoms with Gasteiger partial charge in [0.2, 0.25) is 5.91 Å². The van der Waals surface area contributed by atoms with Gasteiger partial charge >= 0.3 is 0 Å². The molecule has 0 unspecified atom stereocenters. The van der Waals surface area contributed by atoms with Crippen LogP contribution in [0, 0.1) is 20.8 Å². The Balaban J connectivity index is 1.54. The van der Waals surface area contributed by atoms with Gasteiger partial charge in [-0.05, 0) is 75.9 Å². The van der Waals surface area contributed by atoms with Crippen molar-refractivity contribution in [1.29, 1.82) is 0 Å². The highest BCUT2D eigenvalue weighted by Crippen LogP contribution is 2.20. The van der Waals surface area contributed by atoms with Gasteiger partial charge in [-0.2, -0.15) is 5.10 Å². The van der Waals surface area contributed by atoms with Crippen LogP contribution in [0.4, 0.5) is 5.69 Å². The van der Waals surface area contributed by atoms with Crippen LogP contribution in [0.5, 0.6) is 0 Å². The Hall–Kier alpha value is -3.41. The molecule has 2 heterocycles. The lowest BCUT2D eigenvalue weighted by molar-refractivity contribution is -0.130. The van der Waals surface area contributed by atoms with E-state index < -0.39 is 0 Å². The van der Waals surface area contributed by atoms with Gasteiger partial charge in [0.25, 0.3) is 5.91 Å². The Labute approximate surface area is 195 Å². The van der Waals surface area contributed by atoms with Gasteiger partial charge in [-0.1, -0.05) is 29.8 Å². The van der Waals surface area contributed by atoms with Crippen LogP contribution in [0.3, 0.4) is 0 Å². The standard InChI is InChI=1S/C27H32N4O2/c1-20-7-13-25(14-8-20)30(19-26(32)29-15-5-4-6-16-29)27(33)24-11-9-23(10-12-24)18-31-22(3)17-21(2)28-31/h7-14,17H,4-6,15-16,18-19H2,1-3H3. The van der Waals surface area contributed by atoms with Crippen LogP contribution in [0.1, 0.15) is 52.1 Å². The SMILES string of the molecule is Cc1ccc(N(CC(=O)N2CCCCC2)C(=O)c2ccc(Cn3nc(C)cc3C)cc2)cc1. The molecule has 0 bridgehead atoms. The Morgan fingerprint density at radius 2 is 1.58 bits per heavy atom. The van der Waals surface area contributed by atoms with E-state index in [9.17, 15) is 9.59 Å². The van der Waals surface area contributed by atoms with Crippen molar-refractivity contribution in [3.8, 4) is 0 Å². The Kier molecular flexibility index (Phi) is 6.92. The maximum absolute atomic E-state index is 13.5. The number of nitrogens with zero attached hydrogens (tertiary/aromatic N) is 4. The molecule has 6 heteroatoms. The first-order valence-corrected chi connectivity index (χ1v) is 11.7. The molecule has 0 atom stereocenters. The van der Waals surface area contributed by atoms with Crippen molar-refractivity contribution in [1.82, 2.24) is 14.7 Å². The molecule has 2 amide bonds. The molecule has 0 radical (unpaired) electrons. The minimum atomic E-state index is -0.165. The number of carbonyl (C=O) groups excluding carboxylic acids is 2. The summed E-state index contributed by atoms with van der Waals surface area (Å²) >= 11 is 0. The smallest absolute Gasteiger partial charge is 0.258 e. The molecule has 3 aromatic rings. The molecule has 2 aromatic carbocycles. The molecule has 1 aromatic heterocycles. The van der Waals surface area contributed by atoms with E-state index in [1.807, 2.05) is 78.9 Å². The van der Waals surface area contributed by atoms with E-state index in [0.717, 1.165) is 60.6 Å². The summed E-state index contributed by atoms with van der Waals surface area (Å²) in [4.78, 5) is 30.0. The number of anilines is 1. The zero-order valence-corrected chi connectivity index (χ0v) is 19.8. The molecule has 4 rings (SSSR count). The Morgan fingerprint density at radius 1 is 0.909 bits per heavy atom. The van der Waals surface area contributed by atoms with E-state index in [1.165, 1.54) is 0 Å². The highest BCUT2D eigenvalue weighted by molar-refractivity contribution is 6.08. The third-order valence-electron chi connectivity index (χ3n) is 6.23. The fourth-order valence-corrected chi connectivity index (χ4v) is 4.30. The molecule has 6 nitrogen and oxygen atoms in total. The number of aromatic nitrogens is 2. The summed E-state index contributed by atoms with van der Waals surface area (Å²) in [5, 5.41) is 4.51. The van der Waals surface area contributed by atoms with Crippen LogP contribution in [0.2, 0.25) is 0 Å². The topological polar surface area (TPSA) is 58.4 Å². The zero-order valence-electron chi connectivity index (χ0n) is 19.8. The van der Waals surface area contributed by atoms with E-state index in [4.69, 9.17) is 0 Å². The maximum Gasteiger partial charge on any atom is 0.258 e. The molecular formula is C27H32N4O2. The van der Waals surface area contributed by atoms with Gasteiger partial charge in [-0.3, -0.25) is 19.2 Å². The van der Waals surface area contributed by atoms with Crippen LogP contribution >= 0.6 is 0 Å². The molecule has 0 spiro atoms. The van der Waals surface area contributed by atoms with E-state index in [2.05, 4.69) is 11.2 Å². The number of benzene rings is 2. The first-order valence-electron chi connectivity index (χ1n) is 11.7. The van der Waals surface area contributed by atoms with E-state index in [-0.39, 0.29) is 18.4 Å². The van der Waals surface area contributed by atoms with Gasteiger partial charge in [0.15, 0.2) is 0 Å². The average Bonchev–Trinajstić information content (AvgIpc) is 3.15. The molecular weight excluding hydrogens is 412 g/mol. The van der Waals surface area contributed by atoms with Crippen molar-refractivity contribution in [3.63, 3.8) is 0 Å². The monoisotopic (exact) mass is 444 g/mol. The van der Waals surface area contributed by atoms with Crippen LogP contribution in [-0.2, 0) is 11.3 Å². The summed E-state index contributed by atoms with van der Waals surface area (Å²) in [6.45, 7) is 8.29. The quantitative estimate of drug-likeness (QED) is 0.562. The number of carbonyl (C=O) groups is 2. The lowest BCUT2D eigenvalue weighted by atomic mass is 10.1. The minimum absolute atomic E-state index is 0.00442. The number of rotatable bonds is 6. The third kappa shape index (κ3) is 5.51. The molecule has 1 saturated heterocycles. The highest BCUT2D eigenvalue weighted by Gasteiger charge is 2.24. The minimum Gasteiger partial charge on any atom is -0.341 e. The van der Waals surface area contributed by atoms with Gasteiger partial charge in [0, 0.05) is 30.0 Å². The number of piperidine rings is 1. The first kappa shape index (κ1) is 22.8. The molecule has 0 N–H and O–H groups in total. The highest BCUT2D eigenvalue weighted by atomic mass is 16.2. The number of aryl methyl sites for hydroxylation is 3. The van der Waals surface area contributed by atoms with Crippen molar-refractivity contribution >= 4 is 17.5 Å². The number of likely N-dealkylation sites (tertiary alicyclic amines) is 1. The van der Waals surface area contributed by atoms with Gasteiger partial charge < -0.3 is 4.90 Å². The summed E-state index contributed by atoms with van der Waals surface area (Å²) < 4.78 is 1.96. The van der Waals surface area contributed by atoms with Crippen LogP contribution < -0.4 is 4.90 Å². The second kappa shape index (κ2) is 10.0. The van der Waals surface area contributed by atoms with Gasteiger partial charge in [0.1, 0.15) is 6.54 Å². The van der Waals surface area contributed by atoms with Crippen LogP contribution in [0.25, 0.3) is 0 Å². The number of hydrogen-bond donors (Lipinski definition) is 0. The lowest BCUT2D eigenvalue weighted by Gasteiger charge is -2.30. The third-order valence-corrected chi connectivity index (χ3v) is 6.23. The zero-order chi connectivity index (χ0) is 23.4. The summed E-state index contributed by atoms with van der Waals surface area (Å²) in [6, 6.07) is 17.4. The molecule has 0 saturated carbocycles. The number of amides is 2. The average molecular weight is 445 g/mol. The van der Waals surface area contributed by atoms with E-state index in [1.54, 1.807) is 4.90 Å². The molecule has 1 aliphatic rings. The van der Waals surface area contributed by atoms with Gasteiger partial charge in [-0.25, -0.2) is 0 Å². The Bertz CT molecular complexity index is 1110. The molecule has 1 fully saturated rings. The summed E-state index contributed by atoms with van der Waals surface area (Å²) in [7, 11) is 0. The summed E-state index contributed by atoms with van der Waals surface area (Å²) in [6.07, 6.45) is 3.22. The predicted molar refractivity (Wildman–Crippen MR) is 131 cm³/mol. The van der Waals surface area contributed by atoms with Crippen LogP contribution in [0.15, 0.2) is 54.6 Å². The van der Waals surface area contributed by atoms with Gasteiger partial charge in [0.05, 0.1) is 12.2 Å². The van der Waals surface area contributed by atoms with Crippen molar-refractivity contribution in [2.45, 2.75) is 46.6 Å². The first-order chi connectivity index (χ1) is 15.9. The summed E-state index contributed by atoms with van der Waals surface area (Å²) in [5.74, 6) is -0.161.